The van der Waals surface area contributed by atoms with Crippen molar-refractivity contribution in [2.45, 2.75) is 13.3 Å². The quantitative estimate of drug-likeness (QED) is 0.771. The Labute approximate surface area is 114 Å². The molecule has 20 heavy (non-hydrogen) atoms. The molecule has 1 aromatic carbocycles. The van der Waals surface area contributed by atoms with E-state index in [0.29, 0.717) is 23.7 Å². The average Bonchev–Trinajstić information content (AvgIpc) is 2.92. The van der Waals surface area contributed by atoms with Crippen LogP contribution >= 0.6 is 0 Å². The Bertz CT molecular complexity index is 580. The van der Waals surface area contributed by atoms with Crippen LogP contribution in [0.1, 0.15) is 23.1 Å². The largest absolute Gasteiger partial charge is 0.462 e. The maximum Gasteiger partial charge on any atom is 0.338 e. The van der Waals surface area contributed by atoms with Gasteiger partial charge in [-0.2, -0.15) is 5.21 Å². The van der Waals surface area contributed by atoms with Gasteiger partial charge < -0.3 is 10.1 Å². The number of aromatic nitrogens is 4. The van der Waals surface area contributed by atoms with Crippen molar-refractivity contribution in [1.82, 2.24) is 20.6 Å². The number of ether oxygens (including phenoxy) is 1. The first-order valence-corrected chi connectivity index (χ1v) is 5.98. The van der Waals surface area contributed by atoms with E-state index in [0.717, 1.165) is 0 Å². The van der Waals surface area contributed by atoms with Crippen molar-refractivity contribution >= 4 is 17.6 Å². The highest BCUT2D eigenvalue weighted by Gasteiger charge is 2.09. The molecule has 0 saturated carbocycles. The zero-order valence-electron chi connectivity index (χ0n) is 10.8. The maximum atomic E-state index is 11.7. The summed E-state index contributed by atoms with van der Waals surface area (Å²) in [5, 5.41) is 15.7. The lowest BCUT2D eigenvalue weighted by molar-refractivity contribution is -0.115. The van der Waals surface area contributed by atoms with E-state index in [1.54, 1.807) is 31.2 Å². The summed E-state index contributed by atoms with van der Waals surface area (Å²) >= 11 is 0. The van der Waals surface area contributed by atoms with Crippen molar-refractivity contribution in [2.75, 3.05) is 11.9 Å². The van der Waals surface area contributed by atoms with Gasteiger partial charge in [-0.3, -0.25) is 4.79 Å². The Kier molecular flexibility index (Phi) is 4.38. The lowest BCUT2D eigenvalue weighted by Crippen LogP contribution is -2.15. The molecule has 0 atom stereocenters. The zero-order valence-corrected chi connectivity index (χ0v) is 10.8. The molecule has 0 aliphatic carbocycles. The topological polar surface area (TPSA) is 110 Å². The molecule has 8 heteroatoms. The highest BCUT2D eigenvalue weighted by molar-refractivity contribution is 5.93. The summed E-state index contributed by atoms with van der Waals surface area (Å²) in [6.45, 7) is 2.06. The van der Waals surface area contributed by atoms with Crippen LogP contribution in [0.15, 0.2) is 24.3 Å². The summed E-state index contributed by atoms with van der Waals surface area (Å²) in [6, 6.07) is 6.42. The highest BCUT2D eigenvalue weighted by atomic mass is 16.5. The minimum atomic E-state index is -0.392. The number of nitrogens with one attached hydrogen (secondary N) is 2. The van der Waals surface area contributed by atoms with E-state index in [-0.39, 0.29) is 12.3 Å². The number of carbonyl (C=O) groups is 2. The molecule has 1 heterocycles. The van der Waals surface area contributed by atoms with Crippen molar-refractivity contribution in [3.8, 4) is 0 Å². The molecular formula is C12H13N5O3. The summed E-state index contributed by atoms with van der Waals surface area (Å²) in [5.74, 6) is -0.349. The summed E-state index contributed by atoms with van der Waals surface area (Å²) in [5.41, 5.74) is 1.01. The smallest absolute Gasteiger partial charge is 0.338 e. The van der Waals surface area contributed by atoms with Gasteiger partial charge in [0.25, 0.3) is 0 Å². The minimum absolute atomic E-state index is 0.0239. The third kappa shape index (κ3) is 3.61. The van der Waals surface area contributed by atoms with Gasteiger partial charge in [0.2, 0.25) is 5.91 Å². The van der Waals surface area contributed by atoms with Crippen LogP contribution in [-0.2, 0) is 16.0 Å². The van der Waals surface area contributed by atoms with Crippen LogP contribution < -0.4 is 5.32 Å². The zero-order chi connectivity index (χ0) is 14.4. The molecule has 0 unspecified atom stereocenters. The highest BCUT2D eigenvalue weighted by Crippen LogP contribution is 2.11. The van der Waals surface area contributed by atoms with Crippen LogP contribution in [-0.4, -0.2) is 39.1 Å². The molecule has 8 nitrogen and oxygen atoms in total. The Morgan fingerprint density at radius 3 is 2.65 bits per heavy atom. The summed E-state index contributed by atoms with van der Waals surface area (Å²) in [4.78, 5) is 23.1. The molecule has 1 aromatic heterocycles. The van der Waals surface area contributed by atoms with Crippen LogP contribution in [0.5, 0.6) is 0 Å². The van der Waals surface area contributed by atoms with Gasteiger partial charge in [0, 0.05) is 5.69 Å². The Balaban J connectivity index is 1.93. The number of esters is 1. The number of benzene rings is 1. The van der Waals surface area contributed by atoms with Gasteiger partial charge in [0.15, 0.2) is 5.82 Å². The van der Waals surface area contributed by atoms with Crippen LogP contribution in [0.25, 0.3) is 0 Å². The molecule has 2 N–H and O–H groups in total. The van der Waals surface area contributed by atoms with Crippen LogP contribution in [0.2, 0.25) is 0 Å². The number of H-pyrrole nitrogens is 1. The third-order valence-electron chi connectivity index (χ3n) is 2.39. The first-order valence-electron chi connectivity index (χ1n) is 5.98. The number of nitrogens with zero attached hydrogens (tertiary/aromatic N) is 3. The van der Waals surface area contributed by atoms with Crippen molar-refractivity contribution in [1.29, 1.82) is 0 Å². The van der Waals surface area contributed by atoms with Gasteiger partial charge >= 0.3 is 5.97 Å². The monoisotopic (exact) mass is 275 g/mol. The summed E-state index contributed by atoms with van der Waals surface area (Å²) in [6.07, 6.45) is 0.0239. The van der Waals surface area contributed by atoms with Crippen molar-refractivity contribution in [3.63, 3.8) is 0 Å². The van der Waals surface area contributed by atoms with Gasteiger partial charge in [-0.05, 0) is 31.2 Å². The van der Waals surface area contributed by atoms with E-state index in [1.165, 1.54) is 0 Å². The Morgan fingerprint density at radius 1 is 1.30 bits per heavy atom. The lowest BCUT2D eigenvalue weighted by Gasteiger charge is -2.05. The standard InChI is InChI=1S/C12H13N5O3/c1-2-20-12(19)8-3-5-9(6-4-8)13-11(18)7-10-14-16-17-15-10/h3-6H,2,7H2,1H3,(H,13,18)(H,14,15,16,17). The second kappa shape index (κ2) is 6.41. The van der Waals surface area contributed by atoms with Gasteiger partial charge in [-0.1, -0.05) is 5.21 Å². The molecule has 0 spiro atoms. The average molecular weight is 275 g/mol. The molecule has 0 fully saturated rings. The molecule has 1 amide bonds. The molecule has 2 rings (SSSR count). The molecule has 0 radical (unpaired) electrons. The summed E-state index contributed by atoms with van der Waals surface area (Å²) < 4.78 is 4.87. The van der Waals surface area contributed by atoms with E-state index in [2.05, 4.69) is 25.9 Å². The molecule has 0 saturated heterocycles. The number of rotatable bonds is 5. The number of tetrazole rings is 1. The SMILES string of the molecule is CCOC(=O)c1ccc(NC(=O)Cc2nn[nH]n2)cc1. The maximum absolute atomic E-state index is 11.7. The number of hydrogen-bond acceptors (Lipinski definition) is 6. The fourth-order valence-corrected chi connectivity index (χ4v) is 1.51. The van der Waals surface area contributed by atoms with E-state index in [1.807, 2.05) is 0 Å². The molecule has 104 valence electrons. The van der Waals surface area contributed by atoms with Crippen LogP contribution in [0.4, 0.5) is 5.69 Å². The second-order valence-electron chi connectivity index (χ2n) is 3.85. The van der Waals surface area contributed by atoms with Gasteiger partial charge in [-0.25, -0.2) is 4.79 Å². The van der Waals surface area contributed by atoms with Crippen molar-refractivity contribution in [3.05, 3.63) is 35.7 Å². The predicted molar refractivity (Wildman–Crippen MR) is 68.9 cm³/mol. The second-order valence-corrected chi connectivity index (χ2v) is 3.85. The van der Waals surface area contributed by atoms with Gasteiger partial charge in [-0.15, -0.1) is 10.2 Å². The number of hydrogen-bond donors (Lipinski definition) is 2. The number of amides is 1. The Hall–Kier alpha value is -2.77. The predicted octanol–water partition coefficient (Wildman–Crippen LogP) is 0.558. The third-order valence-corrected chi connectivity index (χ3v) is 2.39. The normalized spacial score (nSPS) is 10.1. The van der Waals surface area contributed by atoms with Crippen molar-refractivity contribution in [2.24, 2.45) is 0 Å². The Morgan fingerprint density at radius 2 is 2.05 bits per heavy atom. The molecule has 2 aromatic rings. The van der Waals surface area contributed by atoms with E-state index in [4.69, 9.17) is 4.74 Å². The number of anilines is 1. The van der Waals surface area contributed by atoms with Gasteiger partial charge in [0.05, 0.1) is 18.6 Å². The summed E-state index contributed by atoms with van der Waals surface area (Å²) in [7, 11) is 0. The first kappa shape index (κ1) is 13.7. The molecular weight excluding hydrogens is 262 g/mol. The fraction of sp³-hybridized carbons (Fsp3) is 0.250. The van der Waals surface area contributed by atoms with E-state index >= 15 is 0 Å². The first-order chi connectivity index (χ1) is 9.69. The molecule has 0 bridgehead atoms. The number of carbonyl (C=O) groups excluding carboxylic acids is 2. The molecule has 0 aliphatic rings. The minimum Gasteiger partial charge on any atom is -0.462 e. The van der Waals surface area contributed by atoms with Crippen LogP contribution in [0.3, 0.4) is 0 Å². The molecule has 0 aliphatic heterocycles. The van der Waals surface area contributed by atoms with Gasteiger partial charge in [0.1, 0.15) is 0 Å². The van der Waals surface area contributed by atoms with Crippen LogP contribution in [0, 0.1) is 0 Å². The van der Waals surface area contributed by atoms with E-state index in [9.17, 15) is 9.59 Å². The lowest BCUT2D eigenvalue weighted by atomic mass is 10.2. The van der Waals surface area contributed by atoms with E-state index < -0.39 is 5.97 Å². The fourth-order valence-electron chi connectivity index (χ4n) is 1.51. The van der Waals surface area contributed by atoms with Crippen molar-refractivity contribution < 1.29 is 14.3 Å². The number of aromatic amines is 1.